The summed E-state index contributed by atoms with van der Waals surface area (Å²) in [5.41, 5.74) is 3.42. The van der Waals surface area contributed by atoms with E-state index in [1.54, 1.807) is 23.9 Å². The van der Waals surface area contributed by atoms with Gasteiger partial charge in [0.2, 0.25) is 0 Å². The van der Waals surface area contributed by atoms with Crippen LogP contribution < -0.4 is 10.1 Å². The highest BCUT2D eigenvalue weighted by Gasteiger charge is 2.13. The Morgan fingerprint density at radius 3 is 2.13 bits per heavy atom. The first-order chi connectivity index (χ1) is 18.6. The van der Waals surface area contributed by atoms with E-state index in [0.29, 0.717) is 12.3 Å². The predicted molar refractivity (Wildman–Crippen MR) is 159 cm³/mol. The Hall–Kier alpha value is -2.47. The second kappa shape index (κ2) is 17.2. The maximum Gasteiger partial charge on any atom is 0.255 e. The van der Waals surface area contributed by atoms with E-state index in [-0.39, 0.29) is 17.2 Å². The number of hydrogen-bond acceptors (Lipinski definition) is 4. The zero-order valence-electron chi connectivity index (χ0n) is 23.3. The lowest BCUT2D eigenvalue weighted by Crippen LogP contribution is -2.17. The van der Waals surface area contributed by atoms with Gasteiger partial charge < -0.3 is 15.0 Å². The number of unbranched alkanes of at least 4 members (excludes halogenated alkanes) is 11. The minimum Gasteiger partial charge on any atom is -0.491 e. The number of anilines is 1. The Labute approximate surface area is 233 Å². The molecule has 208 valence electrons. The standard InChI is InChI=1S/C32H45FN2O2S/c1-3-4-5-6-7-8-9-10-11-12-13-14-21-37-31-20-17-28(22-30(31)33)32(36)34-29-18-15-27(16-19-29)23-35-25-38-24-26(35)2/h15-20,22,24H,3-14,21,23,25H2,1-2H3,(H,34,36). The third kappa shape index (κ3) is 10.7. The van der Waals surface area contributed by atoms with Crippen LogP contribution >= 0.6 is 11.8 Å². The van der Waals surface area contributed by atoms with Gasteiger partial charge in [-0.2, -0.15) is 0 Å². The summed E-state index contributed by atoms with van der Waals surface area (Å²) in [6.45, 7) is 5.71. The molecule has 1 heterocycles. The molecule has 0 saturated carbocycles. The van der Waals surface area contributed by atoms with Gasteiger partial charge in [0.25, 0.3) is 5.91 Å². The quantitative estimate of drug-likeness (QED) is 0.191. The maximum atomic E-state index is 14.6. The number of thioether (sulfide) groups is 1. The van der Waals surface area contributed by atoms with Crippen molar-refractivity contribution in [3.8, 4) is 5.75 Å². The first-order valence-electron chi connectivity index (χ1n) is 14.4. The molecular weight excluding hydrogens is 495 g/mol. The van der Waals surface area contributed by atoms with Crippen LogP contribution in [-0.2, 0) is 6.54 Å². The van der Waals surface area contributed by atoms with Crippen LogP contribution in [0, 0.1) is 5.82 Å². The van der Waals surface area contributed by atoms with Gasteiger partial charge in [0, 0.05) is 23.5 Å². The number of carbonyl (C=O) groups excluding carboxylic acids is 1. The van der Waals surface area contributed by atoms with Gasteiger partial charge >= 0.3 is 0 Å². The average molecular weight is 541 g/mol. The van der Waals surface area contributed by atoms with Crippen LogP contribution in [0.2, 0.25) is 0 Å². The lowest BCUT2D eigenvalue weighted by atomic mass is 10.1. The largest absolute Gasteiger partial charge is 0.491 e. The van der Waals surface area contributed by atoms with E-state index in [9.17, 15) is 9.18 Å². The van der Waals surface area contributed by atoms with Gasteiger partial charge in [0.15, 0.2) is 11.6 Å². The molecule has 3 rings (SSSR count). The molecule has 38 heavy (non-hydrogen) atoms. The van der Waals surface area contributed by atoms with Crippen molar-refractivity contribution in [2.24, 2.45) is 0 Å². The average Bonchev–Trinajstić information content (AvgIpc) is 3.32. The number of rotatable bonds is 18. The Kier molecular flexibility index (Phi) is 13.6. The lowest BCUT2D eigenvalue weighted by molar-refractivity contribution is 0.102. The zero-order valence-corrected chi connectivity index (χ0v) is 24.1. The molecule has 0 fully saturated rings. The number of hydrogen-bond donors (Lipinski definition) is 1. The molecule has 0 unspecified atom stereocenters. The number of nitrogens with zero attached hydrogens (tertiary/aromatic N) is 1. The SMILES string of the molecule is CCCCCCCCCCCCCCOc1ccc(C(=O)Nc2ccc(CN3CSC=C3C)cc2)cc1F. The van der Waals surface area contributed by atoms with Crippen LogP contribution in [0.4, 0.5) is 10.1 Å². The Balaban J connectivity index is 1.30. The van der Waals surface area contributed by atoms with Crippen LogP contribution in [0.3, 0.4) is 0 Å². The molecule has 0 spiro atoms. The van der Waals surface area contributed by atoms with Crippen molar-refractivity contribution < 1.29 is 13.9 Å². The summed E-state index contributed by atoms with van der Waals surface area (Å²) < 4.78 is 20.2. The van der Waals surface area contributed by atoms with Crippen molar-refractivity contribution in [3.05, 3.63) is 70.5 Å². The highest BCUT2D eigenvalue weighted by Crippen LogP contribution is 2.25. The minimum atomic E-state index is -0.501. The topological polar surface area (TPSA) is 41.6 Å². The fourth-order valence-corrected chi connectivity index (χ4v) is 5.54. The smallest absolute Gasteiger partial charge is 0.255 e. The Morgan fingerprint density at radius 1 is 0.921 bits per heavy atom. The Morgan fingerprint density at radius 2 is 1.55 bits per heavy atom. The van der Waals surface area contributed by atoms with Gasteiger partial charge in [-0.05, 0) is 54.6 Å². The molecule has 2 aromatic rings. The number of halogens is 1. The first-order valence-corrected chi connectivity index (χ1v) is 15.5. The predicted octanol–water partition coefficient (Wildman–Crippen LogP) is 9.53. The summed E-state index contributed by atoms with van der Waals surface area (Å²) in [4.78, 5) is 14.9. The third-order valence-electron chi connectivity index (χ3n) is 7.02. The summed E-state index contributed by atoms with van der Waals surface area (Å²) in [5.74, 6) is 0.339. The molecule has 0 radical (unpaired) electrons. The maximum absolute atomic E-state index is 14.6. The number of benzene rings is 2. The van der Waals surface area contributed by atoms with E-state index in [2.05, 4.69) is 29.5 Å². The van der Waals surface area contributed by atoms with Crippen LogP contribution in [0.5, 0.6) is 5.75 Å². The van der Waals surface area contributed by atoms with Gasteiger partial charge in [-0.25, -0.2) is 4.39 Å². The van der Waals surface area contributed by atoms with E-state index in [1.165, 1.54) is 81.5 Å². The first kappa shape index (κ1) is 30.1. The molecule has 0 aromatic heterocycles. The van der Waals surface area contributed by atoms with E-state index >= 15 is 0 Å². The molecule has 0 saturated heterocycles. The molecule has 4 nitrogen and oxygen atoms in total. The molecule has 1 amide bonds. The highest BCUT2D eigenvalue weighted by molar-refractivity contribution is 8.02. The van der Waals surface area contributed by atoms with Gasteiger partial charge in [-0.1, -0.05) is 89.7 Å². The molecule has 1 aliphatic heterocycles. The number of allylic oxidation sites excluding steroid dienone is 1. The number of nitrogens with one attached hydrogen (secondary N) is 1. The zero-order chi connectivity index (χ0) is 27.0. The van der Waals surface area contributed by atoms with Gasteiger partial charge in [-0.3, -0.25) is 4.79 Å². The summed E-state index contributed by atoms with van der Waals surface area (Å²) >= 11 is 1.80. The normalized spacial score (nSPS) is 13.0. The fourth-order valence-electron chi connectivity index (χ4n) is 4.60. The molecular formula is C32H45FN2O2S. The lowest BCUT2D eigenvalue weighted by Gasteiger charge is -2.19. The number of amides is 1. The van der Waals surface area contributed by atoms with Gasteiger partial charge in [0.1, 0.15) is 0 Å². The van der Waals surface area contributed by atoms with Crippen LogP contribution in [0.15, 0.2) is 53.6 Å². The molecule has 1 N–H and O–H groups in total. The van der Waals surface area contributed by atoms with Crippen molar-refractivity contribution in [2.45, 2.75) is 97.4 Å². The van der Waals surface area contributed by atoms with E-state index in [1.807, 2.05) is 24.3 Å². The molecule has 0 bridgehead atoms. The molecule has 0 atom stereocenters. The van der Waals surface area contributed by atoms with Crippen molar-refractivity contribution in [1.29, 1.82) is 0 Å². The van der Waals surface area contributed by atoms with E-state index in [0.717, 1.165) is 25.3 Å². The number of carbonyl (C=O) groups is 1. The van der Waals surface area contributed by atoms with Crippen LogP contribution in [-0.4, -0.2) is 23.3 Å². The second-order valence-electron chi connectivity index (χ2n) is 10.3. The highest BCUT2D eigenvalue weighted by atomic mass is 32.2. The van der Waals surface area contributed by atoms with Crippen LogP contribution in [0.25, 0.3) is 0 Å². The monoisotopic (exact) mass is 540 g/mol. The molecule has 6 heteroatoms. The van der Waals surface area contributed by atoms with Crippen LogP contribution in [0.1, 0.15) is 107 Å². The number of ether oxygens (including phenoxy) is 1. The van der Waals surface area contributed by atoms with E-state index < -0.39 is 5.82 Å². The third-order valence-corrected chi connectivity index (χ3v) is 7.99. The Bertz CT molecular complexity index is 1010. The van der Waals surface area contributed by atoms with Gasteiger partial charge in [0.05, 0.1) is 12.5 Å². The van der Waals surface area contributed by atoms with E-state index in [4.69, 9.17) is 4.74 Å². The second-order valence-corrected chi connectivity index (χ2v) is 11.1. The minimum absolute atomic E-state index is 0.207. The van der Waals surface area contributed by atoms with Crippen molar-refractivity contribution in [2.75, 3.05) is 17.8 Å². The van der Waals surface area contributed by atoms with Gasteiger partial charge in [-0.15, -0.1) is 11.8 Å². The summed E-state index contributed by atoms with van der Waals surface area (Å²) in [7, 11) is 0. The molecule has 1 aliphatic rings. The molecule has 0 aliphatic carbocycles. The van der Waals surface area contributed by atoms with Crippen molar-refractivity contribution in [3.63, 3.8) is 0 Å². The fraction of sp³-hybridized carbons (Fsp3) is 0.531. The van der Waals surface area contributed by atoms with Crippen molar-refractivity contribution >= 4 is 23.4 Å². The van der Waals surface area contributed by atoms with Crippen molar-refractivity contribution in [1.82, 2.24) is 4.90 Å². The summed E-state index contributed by atoms with van der Waals surface area (Å²) in [6, 6.07) is 12.2. The molecule has 2 aromatic carbocycles. The summed E-state index contributed by atoms with van der Waals surface area (Å²) in [6.07, 6.45) is 15.3. The summed E-state index contributed by atoms with van der Waals surface area (Å²) in [5, 5.41) is 5.02.